The van der Waals surface area contributed by atoms with E-state index >= 15 is 0 Å². The number of nitrogens with zero attached hydrogens (tertiary/aromatic N) is 6. The minimum atomic E-state index is 0. The Bertz CT molecular complexity index is 1990. The second kappa shape index (κ2) is 13.8. The Morgan fingerprint density at radius 3 is 1.21 bits per heavy atom. The number of hydrogen-bond acceptors (Lipinski definition) is 3. The van der Waals surface area contributed by atoms with E-state index in [1.54, 1.807) is 9.36 Å². The summed E-state index contributed by atoms with van der Waals surface area (Å²) < 4.78 is 13.5. The van der Waals surface area contributed by atoms with Crippen molar-refractivity contribution in [2.45, 2.75) is 0 Å². The molecule has 0 spiro atoms. The number of para-hydroxylation sites is 2. The zero-order chi connectivity index (χ0) is 31.4. The van der Waals surface area contributed by atoms with Crippen LogP contribution in [0, 0.1) is 24.8 Å². The van der Waals surface area contributed by atoms with Gasteiger partial charge in [0.1, 0.15) is 0 Å². The average Bonchev–Trinajstić information content (AvgIpc) is 3.80. The number of rotatable bonds is 8. The topological polar surface area (TPSA) is 52.6 Å². The van der Waals surface area contributed by atoms with Crippen molar-refractivity contribution in [1.29, 1.82) is 0 Å². The van der Waals surface area contributed by atoms with Crippen LogP contribution in [0.15, 0.2) is 158 Å². The fourth-order valence-corrected chi connectivity index (χ4v) is 5.24. The van der Waals surface area contributed by atoms with E-state index in [4.69, 9.17) is 14.9 Å². The summed E-state index contributed by atoms with van der Waals surface area (Å²) in [4.78, 5) is 0. The third kappa shape index (κ3) is 6.37. The Balaban J connectivity index is 0.00000364. The summed E-state index contributed by atoms with van der Waals surface area (Å²) >= 11 is 0. The van der Waals surface area contributed by atoms with Gasteiger partial charge in [0, 0.05) is 34.0 Å². The van der Waals surface area contributed by atoms with Crippen LogP contribution in [0.2, 0.25) is 0 Å². The third-order valence-electron chi connectivity index (χ3n) is 7.48. The molecular formula is C40H26N6OPt+2. The van der Waals surface area contributed by atoms with E-state index < -0.39 is 0 Å². The molecule has 2 aromatic heterocycles. The zero-order valence-corrected chi connectivity index (χ0v) is 27.7. The van der Waals surface area contributed by atoms with Gasteiger partial charge in [-0.1, -0.05) is 121 Å². The first-order chi connectivity index (χ1) is 23.3. The maximum absolute atomic E-state index is 6.28. The fourth-order valence-electron chi connectivity index (χ4n) is 5.24. The predicted octanol–water partition coefficient (Wildman–Crippen LogP) is 6.94. The molecule has 0 fully saturated rings. The molecule has 0 bridgehead atoms. The largest absolute Gasteiger partial charge is 4.00 e. The van der Waals surface area contributed by atoms with Crippen molar-refractivity contribution in [3.05, 3.63) is 183 Å². The summed E-state index contributed by atoms with van der Waals surface area (Å²) in [5.41, 5.74) is 5.23. The van der Waals surface area contributed by atoms with Crippen molar-refractivity contribution in [3.63, 3.8) is 0 Å². The molecule has 8 rings (SSSR count). The molecule has 0 atom stereocenters. The Morgan fingerprint density at radius 1 is 0.438 bits per heavy atom. The maximum Gasteiger partial charge on any atom is 4.00 e. The first kappa shape index (κ1) is 30.7. The second-order valence-corrected chi connectivity index (χ2v) is 10.6. The molecule has 0 aliphatic heterocycles. The van der Waals surface area contributed by atoms with Crippen molar-refractivity contribution < 1.29 is 34.9 Å². The molecule has 2 heterocycles. The van der Waals surface area contributed by atoms with Crippen LogP contribution in [0.5, 0.6) is 11.5 Å². The summed E-state index contributed by atoms with van der Waals surface area (Å²) in [7, 11) is 0. The summed E-state index contributed by atoms with van der Waals surface area (Å²) in [6.07, 6.45) is 6.76. The Hall–Kier alpha value is -5.91. The molecule has 8 aromatic rings. The molecule has 0 N–H and O–H groups in total. The maximum atomic E-state index is 6.28. The Labute approximate surface area is 292 Å². The van der Waals surface area contributed by atoms with E-state index in [1.807, 2.05) is 167 Å². The summed E-state index contributed by atoms with van der Waals surface area (Å²) in [6.45, 7) is 0. The van der Waals surface area contributed by atoms with Crippen LogP contribution in [0.1, 0.15) is 0 Å². The predicted molar refractivity (Wildman–Crippen MR) is 176 cm³/mol. The van der Waals surface area contributed by atoms with Gasteiger partial charge in [0.25, 0.3) is 0 Å². The molecule has 48 heavy (non-hydrogen) atoms. The molecule has 6 aromatic carbocycles. The quantitative estimate of drug-likeness (QED) is 0.124. The van der Waals surface area contributed by atoms with Crippen LogP contribution in [0.3, 0.4) is 0 Å². The second-order valence-electron chi connectivity index (χ2n) is 10.6. The van der Waals surface area contributed by atoms with Gasteiger partial charge in [0.05, 0.1) is 0 Å². The smallest absolute Gasteiger partial charge is 0.511 e. The van der Waals surface area contributed by atoms with Crippen LogP contribution in [-0.2, 0) is 21.1 Å². The van der Waals surface area contributed by atoms with E-state index in [0.29, 0.717) is 22.9 Å². The minimum Gasteiger partial charge on any atom is -0.511 e. The molecule has 0 saturated carbocycles. The van der Waals surface area contributed by atoms with Gasteiger partial charge < -0.3 is 13.9 Å². The van der Waals surface area contributed by atoms with Crippen LogP contribution in [0.4, 0.5) is 0 Å². The monoisotopic (exact) mass is 801 g/mol. The normalized spacial score (nSPS) is 10.8. The van der Waals surface area contributed by atoms with E-state index in [2.05, 4.69) is 24.8 Å². The van der Waals surface area contributed by atoms with Crippen molar-refractivity contribution >= 4 is 0 Å². The van der Waals surface area contributed by atoms with Gasteiger partial charge in [-0.05, 0) is 21.6 Å². The molecule has 0 amide bonds. The Kier molecular flexibility index (Phi) is 8.86. The fraction of sp³-hybridized carbons (Fsp3) is 0. The van der Waals surface area contributed by atoms with Crippen molar-refractivity contribution in [1.82, 2.24) is 19.6 Å². The van der Waals surface area contributed by atoms with Crippen molar-refractivity contribution in [3.8, 4) is 57.0 Å². The van der Waals surface area contributed by atoms with Crippen LogP contribution in [-0.4, -0.2) is 19.6 Å². The molecule has 0 aliphatic rings. The summed E-state index contributed by atoms with van der Waals surface area (Å²) in [6, 6.07) is 58.3. The van der Waals surface area contributed by atoms with Crippen LogP contribution < -0.4 is 13.9 Å². The Morgan fingerprint density at radius 2 is 0.812 bits per heavy atom. The van der Waals surface area contributed by atoms with E-state index in [0.717, 1.165) is 34.2 Å². The van der Waals surface area contributed by atoms with E-state index in [9.17, 15) is 0 Å². The number of aromatic nitrogens is 6. The first-order valence-corrected chi connectivity index (χ1v) is 15.1. The summed E-state index contributed by atoms with van der Waals surface area (Å²) in [5, 5.41) is 9.80. The average molecular weight is 802 g/mol. The SMILES string of the molecule is [Pt+4].[c-]1c(Oc2[c-]c(-n3[c-][n+](-c4ccccc4)c(-c4ccccc4)n3)ccc2)cccc1-n1[c-][n+](-c2ccccc2)c(-c2ccccc2)n1. The van der Waals surface area contributed by atoms with Gasteiger partial charge in [-0.15, -0.1) is 24.3 Å². The van der Waals surface area contributed by atoms with Gasteiger partial charge in [-0.25, -0.2) is 0 Å². The molecule has 7 nitrogen and oxygen atoms in total. The van der Waals surface area contributed by atoms with Gasteiger partial charge in [-0.3, -0.25) is 0 Å². The standard InChI is InChI=1S/C40H26N6O.Pt/c1-5-15-31(16-6-1)39-41-45(29-43(39)33-19-9-3-10-20-33)35-23-13-25-37(27-35)47-38-26-14-24-36(28-38)46-30-44(34-21-11-4-12-22-34)40(42-46)32-17-7-2-8-18-32;/h1-26H;/q-2;+4. The summed E-state index contributed by atoms with van der Waals surface area (Å²) in [5.74, 6) is 2.55. The third-order valence-corrected chi connectivity index (χ3v) is 7.48. The molecule has 0 saturated heterocycles. The van der Waals surface area contributed by atoms with Gasteiger partial charge >= 0.3 is 21.1 Å². The molecule has 0 aliphatic carbocycles. The molecular weight excluding hydrogens is 776 g/mol. The van der Waals surface area contributed by atoms with Crippen LogP contribution >= 0.6 is 0 Å². The van der Waals surface area contributed by atoms with Gasteiger partial charge in [-0.2, -0.15) is 33.6 Å². The van der Waals surface area contributed by atoms with Crippen molar-refractivity contribution in [2.75, 3.05) is 0 Å². The van der Waals surface area contributed by atoms with Crippen molar-refractivity contribution in [2.24, 2.45) is 0 Å². The number of hydrogen-bond donors (Lipinski definition) is 0. The molecule has 8 heteroatoms. The van der Waals surface area contributed by atoms with E-state index in [-0.39, 0.29) is 21.1 Å². The molecule has 230 valence electrons. The number of benzene rings is 6. The minimum absolute atomic E-state index is 0. The van der Waals surface area contributed by atoms with Gasteiger partial charge in [0.2, 0.25) is 24.3 Å². The number of ether oxygens (including phenoxy) is 1. The zero-order valence-electron chi connectivity index (χ0n) is 25.4. The first-order valence-electron chi connectivity index (χ1n) is 15.1. The molecule has 0 radical (unpaired) electrons. The van der Waals surface area contributed by atoms with E-state index in [1.165, 1.54) is 0 Å². The molecule has 0 unspecified atom stereocenters. The van der Waals surface area contributed by atoms with Gasteiger partial charge in [0.15, 0.2) is 0 Å². The van der Waals surface area contributed by atoms with Crippen LogP contribution in [0.25, 0.3) is 45.5 Å².